The van der Waals surface area contributed by atoms with Crippen molar-refractivity contribution in [2.45, 2.75) is 104 Å². The lowest BCUT2D eigenvalue weighted by atomic mass is 10.1. The number of benzene rings is 2. The minimum atomic E-state index is 1.00. The molecule has 0 saturated heterocycles. The van der Waals surface area contributed by atoms with E-state index in [1.54, 1.807) is 0 Å². The van der Waals surface area contributed by atoms with Gasteiger partial charge in [0.25, 0.3) is 0 Å². The third kappa shape index (κ3) is 14.4. The Morgan fingerprint density at radius 2 is 0.833 bits per heavy atom. The van der Waals surface area contributed by atoms with Crippen LogP contribution in [0.25, 0.3) is 12.2 Å². The second-order valence-corrected chi connectivity index (χ2v) is 9.66. The Morgan fingerprint density at radius 3 is 1.22 bits per heavy atom. The first-order valence-electron chi connectivity index (χ1n) is 14.4. The molecule has 0 heterocycles. The summed E-state index contributed by atoms with van der Waals surface area (Å²) in [5.41, 5.74) is 4.48. The summed E-state index contributed by atoms with van der Waals surface area (Å²) in [4.78, 5) is 0. The monoisotopic (exact) mass is 478 g/mol. The SMILES string of the molecule is CCCCCCCC/C=C/c1ccc(C#CC#Cc2ccc(/C=C/CCCCCCCC)cc2)cc1. The Kier molecular flexibility index (Phi) is 16.5. The maximum Gasteiger partial charge on any atom is 0.0255 e. The molecule has 0 unspecified atom stereocenters. The molecule has 2 aromatic carbocycles. The van der Waals surface area contributed by atoms with Gasteiger partial charge in [0.15, 0.2) is 0 Å². The molecule has 0 nitrogen and oxygen atoms in total. The van der Waals surface area contributed by atoms with Gasteiger partial charge < -0.3 is 0 Å². The Bertz CT molecular complexity index is 909. The highest BCUT2D eigenvalue weighted by molar-refractivity contribution is 5.54. The molecule has 0 aliphatic carbocycles. The molecule has 36 heavy (non-hydrogen) atoms. The molecule has 0 aliphatic rings. The fourth-order valence-electron chi connectivity index (χ4n) is 4.09. The summed E-state index contributed by atoms with van der Waals surface area (Å²) in [6.45, 7) is 4.53. The first kappa shape index (κ1) is 29.3. The molecule has 0 fully saturated rings. The van der Waals surface area contributed by atoms with Gasteiger partial charge >= 0.3 is 0 Å². The van der Waals surface area contributed by atoms with Crippen molar-refractivity contribution < 1.29 is 0 Å². The lowest BCUT2D eigenvalue weighted by Crippen LogP contribution is -1.79. The molecule has 0 aromatic heterocycles. The van der Waals surface area contributed by atoms with Crippen molar-refractivity contribution in [2.75, 3.05) is 0 Å². The Morgan fingerprint density at radius 1 is 0.472 bits per heavy atom. The number of unbranched alkanes of at least 4 members (excludes halogenated alkanes) is 12. The summed E-state index contributed by atoms with van der Waals surface area (Å²) in [7, 11) is 0. The lowest BCUT2D eigenvalue weighted by molar-refractivity contribution is 0.611. The Labute approximate surface area is 222 Å². The van der Waals surface area contributed by atoms with Crippen LogP contribution in [0.4, 0.5) is 0 Å². The maximum absolute atomic E-state index is 3.15. The Balaban J connectivity index is 1.69. The normalized spacial score (nSPS) is 10.8. The van der Waals surface area contributed by atoms with Crippen molar-refractivity contribution >= 4 is 12.2 Å². The van der Waals surface area contributed by atoms with Crippen LogP contribution < -0.4 is 0 Å². The highest BCUT2D eigenvalue weighted by atomic mass is 14.0. The van der Waals surface area contributed by atoms with Gasteiger partial charge in [0.2, 0.25) is 0 Å². The average Bonchev–Trinajstić information content (AvgIpc) is 2.91. The molecule has 0 aliphatic heterocycles. The maximum atomic E-state index is 3.15. The lowest BCUT2D eigenvalue weighted by Gasteiger charge is -1.98. The van der Waals surface area contributed by atoms with Gasteiger partial charge in [0.1, 0.15) is 0 Å². The summed E-state index contributed by atoms with van der Waals surface area (Å²) in [6.07, 6.45) is 27.5. The number of hydrogen-bond acceptors (Lipinski definition) is 0. The van der Waals surface area contributed by atoms with Crippen molar-refractivity contribution in [2.24, 2.45) is 0 Å². The quantitative estimate of drug-likeness (QED) is 0.166. The number of rotatable bonds is 16. The van der Waals surface area contributed by atoms with Gasteiger partial charge in [-0.2, -0.15) is 0 Å². The summed E-state index contributed by atoms with van der Waals surface area (Å²) >= 11 is 0. The molecule has 2 aromatic rings. The average molecular weight is 479 g/mol. The molecule has 0 atom stereocenters. The van der Waals surface area contributed by atoms with Crippen LogP contribution in [-0.2, 0) is 0 Å². The second-order valence-electron chi connectivity index (χ2n) is 9.66. The van der Waals surface area contributed by atoms with Gasteiger partial charge in [-0.3, -0.25) is 0 Å². The van der Waals surface area contributed by atoms with E-state index in [1.807, 2.05) is 0 Å². The molecule has 0 bridgehead atoms. The van der Waals surface area contributed by atoms with E-state index in [4.69, 9.17) is 0 Å². The molecule has 190 valence electrons. The first-order chi connectivity index (χ1) is 17.8. The zero-order valence-electron chi connectivity index (χ0n) is 22.8. The van der Waals surface area contributed by atoms with Gasteiger partial charge in [-0.15, -0.1) is 0 Å². The van der Waals surface area contributed by atoms with Gasteiger partial charge in [-0.25, -0.2) is 0 Å². The van der Waals surface area contributed by atoms with E-state index in [0.29, 0.717) is 0 Å². The van der Waals surface area contributed by atoms with Crippen molar-refractivity contribution in [1.29, 1.82) is 0 Å². The number of allylic oxidation sites excluding steroid dienone is 2. The molecule has 0 spiro atoms. The minimum absolute atomic E-state index is 1.00. The van der Waals surface area contributed by atoms with Crippen molar-refractivity contribution in [3.05, 3.63) is 82.9 Å². The molecular formula is C36H46. The van der Waals surface area contributed by atoms with E-state index in [0.717, 1.165) is 11.1 Å². The summed E-state index contributed by atoms with van der Waals surface area (Å²) in [5, 5.41) is 0. The summed E-state index contributed by atoms with van der Waals surface area (Å²) in [5.74, 6) is 12.3. The van der Waals surface area contributed by atoms with E-state index >= 15 is 0 Å². The van der Waals surface area contributed by atoms with E-state index in [1.165, 1.54) is 101 Å². The summed E-state index contributed by atoms with van der Waals surface area (Å²) < 4.78 is 0. The van der Waals surface area contributed by atoms with Crippen LogP contribution >= 0.6 is 0 Å². The fraction of sp³-hybridized carbons (Fsp3) is 0.444. The van der Waals surface area contributed by atoms with Crippen LogP contribution in [0, 0.1) is 23.7 Å². The zero-order valence-corrected chi connectivity index (χ0v) is 22.8. The molecule has 2 rings (SSSR count). The van der Waals surface area contributed by atoms with E-state index in [2.05, 4.69) is 110 Å². The molecule has 0 heteroatoms. The standard InChI is InChI=1S/C36H46/c1-3-5-7-9-11-13-15-17-21-33-25-29-35(30-26-33)23-19-20-24-36-31-27-34(28-32-36)22-18-16-14-12-10-8-6-4-2/h17-18,21-22,25-32H,3-16H2,1-2H3/b21-17+,22-18+. The third-order valence-corrected chi connectivity index (χ3v) is 6.37. The van der Waals surface area contributed by atoms with E-state index in [-0.39, 0.29) is 0 Å². The van der Waals surface area contributed by atoms with E-state index in [9.17, 15) is 0 Å². The number of hydrogen-bond donors (Lipinski definition) is 0. The van der Waals surface area contributed by atoms with Gasteiger partial charge in [-0.1, -0.05) is 138 Å². The predicted octanol–water partition coefficient (Wildman–Crippen LogP) is 10.6. The minimum Gasteiger partial charge on any atom is -0.0839 e. The first-order valence-corrected chi connectivity index (χ1v) is 14.4. The molecular weight excluding hydrogens is 432 g/mol. The molecule has 0 saturated carbocycles. The van der Waals surface area contributed by atoms with Crippen LogP contribution in [0.15, 0.2) is 60.7 Å². The van der Waals surface area contributed by atoms with Crippen LogP contribution in [-0.4, -0.2) is 0 Å². The molecule has 0 N–H and O–H groups in total. The van der Waals surface area contributed by atoms with Crippen LogP contribution in [0.2, 0.25) is 0 Å². The fourth-order valence-corrected chi connectivity index (χ4v) is 4.09. The van der Waals surface area contributed by atoms with Crippen molar-refractivity contribution in [3.63, 3.8) is 0 Å². The largest absolute Gasteiger partial charge is 0.0839 e. The van der Waals surface area contributed by atoms with Crippen molar-refractivity contribution in [1.82, 2.24) is 0 Å². The van der Waals surface area contributed by atoms with Gasteiger partial charge in [0.05, 0.1) is 0 Å². The zero-order chi connectivity index (χ0) is 25.5. The van der Waals surface area contributed by atoms with Crippen LogP contribution in [0.1, 0.15) is 126 Å². The predicted molar refractivity (Wildman–Crippen MR) is 161 cm³/mol. The Hall–Kier alpha value is -2.96. The van der Waals surface area contributed by atoms with Gasteiger partial charge in [-0.05, 0) is 72.9 Å². The topological polar surface area (TPSA) is 0 Å². The van der Waals surface area contributed by atoms with E-state index < -0.39 is 0 Å². The molecule has 0 amide bonds. The van der Waals surface area contributed by atoms with Gasteiger partial charge in [0, 0.05) is 11.1 Å². The van der Waals surface area contributed by atoms with Crippen LogP contribution in [0.3, 0.4) is 0 Å². The van der Waals surface area contributed by atoms with Crippen molar-refractivity contribution in [3.8, 4) is 23.7 Å². The second kappa shape index (κ2) is 20.3. The highest BCUT2D eigenvalue weighted by Gasteiger charge is 1.92. The smallest absolute Gasteiger partial charge is 0.0255 e. The van der Waals surface area contributed by atoms with Crippen LogP contribution in [0.5, 0.6) is 0 Å². The summed E-state index contributed by atoms with van der Waals surface area (Å²) in [6, 6.07) is 16.8. The third-order valence-electron chi connectivity index (χ3n) is 6.37. The highest BCUT2D eigenvalue weighted by Crippen LogP contribution is 2.11. The molecule has 0 radical (unpaired) electrons.